The van der Waals surface area contributed by atoms with Gasteiger partial charge in [0.15, 0.2) is 4.90 Å². The third-order valence-electron chi connectivity index (χ3n) is 2.40. The molecule has 2 rings (SSSR count). The summed E-state index contributed by atoms with van der Waals surface area (Å²) in [5.41, 5.74) is -1.10. The predicted octanol–water partition coefficient (Wildman–Crippen LogP) is 2.14. The van der Waals surface area contributed by atoms with Crippen LogP contribution in [0, 0.1) is 6.92 Å². The highest BCUT2D eigenvalue weighted by molar-refractivity contribution is 7.91. The fourth-order valence-electron chi connectivity index (χ4n) is 1.56. The second kappa shape index (κ2) is 4.71. The minimum atomic E-state index is -4.15. The van der Waals surface area contributed by atoms with Crippen LogP contribution in [0.3, 0.4) is 0 Å². The number of hydrogen-bond acceptors (Lipinski definition) is 5. The van der Waals surface area contributed by atoms with E-state index < -0.39 is 26.1 Å². The Balaban J connectivity index is 2.70. The third kappa shape index (κ3) is 2.50. The van der Waals surface area contributed by atoms with Gasteiger partial charge < -0.3 is 9.52 Å². The van der Waals surface area contributed by atoms with Gasteiger partial charge in [0.2, 0.25) is 9.84 Å². The van der Waals surface area contributed by atoms with Gasteiger partial charge in [-0.3, -0.25) is 0 Å². The fraction of sp³-hybridized carbons (Fsp3) is 0.0833. The van der Waals surface area contributed by atoms with Crippen LogP contribution in [0.25, 0.3) is 0 Å². The van der Waals surface area contributed by atoms with Crippen LogP contribution in [0.5, 0.6) is 5.75 Å². The summed E-state index contributed by atoms with van der Waals surface area (Å²) in [5.74, 6) is -0.513. The first kappa shape index (κ1) is 13.6. The lowest BCUT2D eigenvalue weighted by atomic mass is 10.4. The molecule has 0 aliphatic carbocycles. The summed E-state index contributed by atoms with van der Waals surface area (Å²) in [7, 11) is -4.15. The van der Waals surface area contributed by atoms with Gasteiger partial charge in [-0.1, -0.05) is 11.6 Å². The molecule has 1 aromatic heterocycles. The second-order valence-electron chi connectivity index (χ2n) is 3.82. The van der Waals surface area contributed by atoms with Crippen molar-refractivity contribution in [2.75, 3.05) is 0 Å². The fourth-order valence-corrected chi connectivity index (χ4v) is 3.02. The molecule has 0 spiro atoms. The lowest BCUT2D eigenvalue weighted by Gasteiger charge is -2.05. The Labute approximate surface area is 114 Å². The molecule has 0 aliphatic heterocycles. The minimum absolute atomic E-state index is 0.123. The van der Waals surface area contributed by atoms with Crippen molar-refractivity contribution in [2.24, 2.45) is 0 Å². The number of rotatable bonds is 2. The molecule has 1 heterocycles. The molecule has 7 heteroatoms. The topological polar surface area (TPSA) is 84.6 Å². The Morgan fingerprint density at radius 1 is 1.21 bits per heavy atom. The van der Waals surface area contributed by atoms with Crippen LogP contribution in [0.4, 0.5) is 0 Å². The minimum Gasteiger partial charge on any atom is -0.506 e. The summed E-state index contributed by atoms with van der Waals surface area (Å²) in [4.78, 5) is 10.7. The molecule has 1 aromatic carbocycles. The molecule has 0 aliphatic rings. The van der Waals surface area contributed by atoms with E-state index in [2.05, 4.69) is 0 Å². The van der Waals surface area contributed by atoms with Crippen molar-refractivity contribution in [3.8, 4) is 5.75 Å². The summed E-state index contributed by atoms with van der Waals surface area (Å²) >= 11 is 5.67. The molecule has 5 nitrogen and oxygen atoms in total. The van der Waals surface area contributed by atoms with E-state index in [0.717, 1.165) is 6.07 Å². The first-order valence-corrected chi connectivity index (χ1v) is 7.03. The van der Waals surface area contributed by atoms with Gasteiger partial charge in [0.1, 0.15) is 11.5 Å². The molecule has 0 atom stereocenters. The van der Waals surface area contributed by atoms with E-state index >= 15 is 0 Å². The molecule has 0 unspecified atom stereocenters. The van der Waals surface area contributed by atoms with Crippen molar-refractivity contribution in [1.29, 1.82) is 0 Å². The summed E-state index contributed by atoms with van der Waals surface area (Å²) in [6.07, 6.45) is 0. The van der Waals surface area contributed by atoms with Crippen LogP contribution in [-0.4, -0.2) is 13.5 Å². The maximum Gasteiger partial charge on any atom is 0.359 e. The van der Waals surface area contributed by atoms with E-state index in [0.29, 0.717) is 5.02 Å². The Morgan fingerprint density at radius 3 is 2.32 bits per heavy atom. The van der Waals surface area contributed by atoms with Gasteiger partial charge in [0.25, 0.3) is 0 Å². The quantitative estimate of drug-likeness (QED) is 0.918. The molecule has 0 fully saturated rings. The van der Waals surface area contributed by atoms with E-state index in [9.17, 15) is 18.3 Å². The highest BCUT2D eigenvalue weighted by Crippen LogP contribution is 2.26. The van der Waals surface area contributed by atoms with Crippen LogP contribution in [0.1, 0.15) is 5.76 Å². The molecule has 0 amide bonds. The first-order valence-electron chi connectivity index (χ1n) is 5.17. The number of aromatic hydroxyl groups is 1. The second-order valence-corrected chi connectivity index (χ2v) is 6.14. The van der Waals surface area contributed by atoms with E-state index in [1.54, 1.807) is 0 Å². The maximum absolute atomic E-state index is 12.2. The van der Waals surface area contributed by atoms with Gasteiger partial charge in [-0.15, -0.1) is 0 Å². The summed E-state index contributed by atoms with van der Waals surface area (Å²) in [6, 6.07) is 6.32. The van der Waals surface area contributed by atoms with Crippen molar-refractivity contribution in [2.45, 2.75) is 16.7 Å². The van der Waals surface area contributed by atoms with E-state index in [4.69, 9.17) is 16.0 Å². The molecule has 0 radical (unpaired) electrons. The van der Waals surface area contributed by atoms with Crippen LogP contribution in [-0.2, 0) is 9.84 Å². The van der Waals surface area contributed by atoms with Gasteiger partial charge in [-0.2, -0.15) is 0 Å². The van der Waals surface area contributed by atoms with E-state index in [1.165, 1.54) is 31.2 Å². The van der Waals surface area contributed by atoms with Crippen molar-refractivity contribution in [1.82, 2.24) is 0 Å². The average Bonchev–Trinajstić information content (AvgIpc) is 2.27. The van der Waals surface area contributed by atoms with Crippen molar-refractivity contribution < 1.29 is 17.9 Å². The maximum atomic E-state index is 12.2. The number of aryl methyl sites for hydroxylation is 1. The van der Waals surface area contributed by atoms with Crippen LogP contribution >= 0.6 is 11.6 Å². The van der Waals surface area contributed by atoms with E-state index in [1.807, 2.05) is 0 Å². The molecule has 0 saturated heterocycles. The molecule has 2 aromatic rings. The van der Waals surface area contributed by atoms with Gasteiger partial charge in [-0.05, 0) is 31.2 Å². The van der Waals surface area contributed by atoms with Gasteiger partial charge >= 0.3 is 5.63 Å². The first-order chi connectivity index (χ1) is 8.82. The zero-order valence-electron chi connectivity index (χ0n) is 9.75. The van der Waals surface area contributed by atoms with Crippen LogP contribution in [0.15, 0.2) is 49.3 Å². The van der Waals surface area contributed by atoms with Crippen molar-refractivity contribution in [3.05, 3.63) is 51.5 Å². The van der Waals surface area contributed by atoms with Crippen LogP contribution in [0.2, 0.25) is 5.02 Å². The van der Waals surface area contributed by atoms with E-state index in [-0.39, 0.29) is 10.7 Å². The average molecular weight is 301 g/mol. The molecular weight excluding hydrogens is 292 g/mol. The zero-order chi connectivity index (χ0) is 14.2. The molecule has 19 heavy (non-hydrogen) atoms. The molecule has 0 saturated carbocycles. The predicted molar refractivity (Wildman–Crippen MR) is 68.3 cm³/mol. The monoisotopic (exact) mass is 300 g/mol. The highest BCUT2D eigenvalue weighted by atomic mass is 35.5. The Hall–Kier alpha value is -1.79. The number of benzene rings is 1. The summed E-state index contributed by atoms with van der Waals surface area (Å²) in [5, 5.41) is 10.0. The molecule has 0 bridgehead atoms. The smallest absolute Gasteiger partial charge is 0.359 e. The SMILES string of the molecule is Cc1cc(O)c(S(=O)(=O)c2ccc(Cl)cc2)c(=O)o1. The molecular formula is C12H9ClO5S. The summed E-state index contributed by atoms with van der Waals surface area (Å²) in [6.45, 7) is 1.43. The normalized spacial score (nSPS) is 11.5. The van der Waals surface area contributed by atoms with Crippen molar-refractivity contribution >= 4 is 21.4 Å². The Morgan fingerprint density at radius 2 is 1.79 bits per heavy atom. The Bertz CT molecular complexity index is 775. The Kier molecular flexibility index (Phi) is 3.38. The number of sulfone groups is 1. The van der Waals surface area contributed by atoms with Gasteiger partial charge in [-0.25, -0.2) is 13.2 Å². The van der Waals surface area contributed by atoms with Crippen molar-refractivity contribution in [3.63, 3.8) is 0 Å². The summed E-state index contributed by atoms with van der Waals surface area (Å²) < 4.78 is 29.2. The van der Waals surface area contributed by atoms with Crippen LogP contribution < -0.4 is 5.63 Å². The largest absolute Gasteiger partial charge is 0.506 e. The lowest BCUT2D eigenvalue weighted by molar-refractivity contribution is 0.407. The van der Waals surface area contributed by atoms with Gasteiger partial charge in [0.05, 0.1) is 4.90 Å². The number of hydrogen-bond donors (Lipinski definition) is 1. The zero-order valence-corrected chi connectivity index (χ0v) is 11.3. The number of halogens is 1. The standard InChI is InChI=1S/C12H9ClO5S/c1-7-6-10(14)11(12(15)18-7)19(16,17)9-4-2-8(13)3-5-9/h2-6,14H,1H3. The third-order valence-corrected chi connectivity index (χ3v) is 4.46. The molecule has 1 N–H and O–H groups in total. The molecule has 100 valence electrons. The lowest BCUT2D eigenvalue weighted by Crippen LogP contribution is -2.15. The highest BCUT2D eigenvalue weighted by Gasteiger charge is 2.26. The van der Waals surface area contributed by atoms with Gasteiger partial charge in [0, 0.05) is 11.1 Å².